The molecule has 48 heavy (non-hydrogen) atoms. The molecule has 7 aromatic rings. The van der Waals surface area contributed by atoms with Crippen LogP contribution in [0.2, 0.25) is 0 Å². The molecule has 0 bridgehead atoms. The van der Waals surface area contributed by atoms with Crippen molar-refractivity contribution < 1.29 is 4.42 Å². The van der Waals surface area contributed by atoms with E-state index in [2.05, 4.69) is 167 Å². The molecule has 0 N–H and O–H groups in total. The van der Waals surface area contributed by atoms with Crippen molar-refractivity contribution in [1.82, 2.24) is 4.48 Å². The molecule has 0 atom stereocenters. The molecular formula is C44H39BN2O. The van der Waals surface area contributed by atoms with E-state index in [1.54, 1.807) is 0 Å². The van der Waals surface area contributed by atoms with Crippen LogP contribution >= 0.6 is 0 Å². The van der Waals surface area contributed by atoms with Gasteiger partial charge in [0.25, 0.3) is 0 Å². The topological polar surface area (TPSA) is 21.3 Å². The van der Waals surface area contributed by atoms with Crippen LogP contribution in [0.4, 0.5) is 11.4 Å². The van der Waals surface area contributed by atoms with Gasteiger partial charge in [-0.15, -0.1) is 0 Å². The van der Waals surface area contributed by atoms with E-state index in [4.69, 9.17) is 4.42 Å². The van der Waals surface area contributed by atoms with E-state index in [0.717, 1.165) is 22.2 Å². The van der Waals surface area contributed by atoms with Gasteiger partial charge in [0, 0.05) is 61.3 Å². The second-order valence-corrected chi connectivity index (χ2v) is 15.4. The number of hydrogen-bond donors (Lipinski definition) is 0. The lowest BCUT2D eigenvalue weighted by molar-refractivity contribution is 0.521. The molecule has 2 aliphatic heterocycles. The minimum Gasteiger partial charge on any atom is -0.456 e. The summed E-state index contributed by atoms with van der Waals surface area (Å²) in [7, 11) is 0. The standard InChI is InChI=1S/C44H39BN2O/c1-8-9-22-34-42(44(5,6)7)45-40-35(46(34)33-24-14-12-21-31(33)43(2,3)4)26-37-38(29-18-11-15-25-36(29)48-37)39(40)30-20-16-19-28-27-17-10-13-23-32(27)47(45)41(28)30/h8-26H,1H2,2-7H3/b22-9-. The minimum absolute atomic E-state index is 0.0344. The number of aromatic nitrogens is 1. The van der Waals surface area contributed by atoms with E-state index in [-0.39, 0.29) is 17.7 Å². The third kappa shape index (κ3) is 3.83. The summed E-state index contributed by atoms with van der Waals surface area (Å²) in [6.45, 7) is 18.1. The number of allylic oxidation sites excluding steroid dienone is 4. The summed E-state index contributed by atoms with van der Waals surface area (Å²) >= 11 is 0. The number of hydrogen-bond acceptors (Lipinski definition) is 2. The second-order valence-electron chi connectivity index (χ2n) is 15.4. The molecule has 0 aliphatic carbocycles. The van der Waals surface area contributed by atoms with Gasteiger partial charge in [-0.3, -0.25) is 0 Å². The highest BCUT2D eigenvalue weighted by Crippen LogP contribution is 2.52. The van der Waals surface area contributed by atoms with Crippen LogP contribution in [0.5, 0.6) is 0 Å². The Labute approximate surface area is 282 Å². The van der Waals surface area contributed by atoms with Gasteiger partial charge in [0.2, 0.25) is 0 Å². The molecule has 9 rings (SSSR count). The summed E-state index contributed by atoms with van der Waals surface area (Å²) in [5.74, 6) is 0. The van der Waals surface area contributed by atoms with Gasteiger partial charge < -0.3 is 13.8 Å². The molecule has 0 unspecified atom stereocenters. The number of furan rings is 1. The fourth-order valence-electron chi connectivity index (χ4n) is 8.63. The smallest absolute Gasteiger partial charge is 0.329 e. The molecule has 0 fully saturated rings. The zero-order valence-corrected chi connectivity index (χ0v) is 28.6. The fraction of sp³-hybridized carbons (Fsp3) is 0.182. The highest BCUT2D eigenvalue weighted by atomic mass is 16.3. The number of rotatable bonds is 3. The largest absolute Gasteiger partial charge is 0.456 e. The average molecular weight is 623 g/mol. The first-order chi connectivity index (χ1) is 23.1. The average Bonchev–Trinajstić information content (AvgIpc) is 3.60. The maximum Gasteiger partial charge on any atom is 0.329 e. The van der Waals surface area contributed by atoms with Crippen LogP contribution < -0.4 is 10.4 Å². The van der Waals surface area contributed by atoms with E-state index in [1.165, 1.54) is 66.2 Å². The van der Waals surface area contributed by atoms with Crippen LogP contribution in [-0.2, 0) is 5.41 Å². The lowest BCUT2D eigenvalue weighted by Crippen LogP contribution is -2.53. The number of benzene rings is 5. The Morgan fingerprint density at radius 3 is 2.19 bits per heavy atom. The molecule has 2 aromatic heterocycles. The highest BCUT2D eigenvalue weighted by molar-refractivity contribution is 6.85. The molecule has 0 saturated carbocycles. The number of anilines is 2. The molecule has 0 spiro atoms. The van der Waals surface area contributed by atoms with Gasteiger partial charge in [-0.25, -0.2) is 0 Å². The van der Waals surface area contributed by atoms with Crippen LogP contribution in [0.3, 0.4) is 0 Å². The zero-order valence-electron chi connectivity index (χ0n) is 28.6. The highest BCUT2D eigenvalue weighted by Gasteiger charge is 2.48. The van der Waals surface area contributed by atoms with Crippen molar-refractivity contribution in [2.24, 2.45) is 5.41 Å². The molecule has 2 aliphatic rings. The lowest BCUT2D eigenvalue weighted by Gasteiger charge is -2.45. The van der Waals surface area contributed by atoms with Gasteiger partial charge in [0.1, 0.15) is 11.2 Å². The molecular weight excluding hydrogens is 583 g/mol. The second kappa shape index (κ2) is 9.90. The minimum atomic E-state index is -0.188. The first-order valence-electron chi connectivity index (χ1n) is 17.0. The number of nitrogens with zero attached hydrogens (tertiary/aromatic N) is 2. The van der Waals surface area contributed by atoms with Gasteiger partial charge in [0.15, 0.2) is 0 Å². The Morgan fingerprint density at radius 2 is 1.42 bits per heavy atom. The Balaban J connectivity index is 1.57. The summed E-state index contributed by atoms with van der Waals surface area (Å²) in [5.41, 5.74) is 14.2. The van der Waals surface area contributed by atoms with Crippen LogP contribution in [0.15, 0.2) is 137 Å². The first kappa shape index (κ1) is 29.0. The SMILES string of the molecule is C=C/C=C\C1=C(C(C)(C)C)B2c3c(cc4oc5ccccc5c4c3-c3cccc4c5ccccc5n2c34)N1c1ccccc1C(C)(C)C. The van der Waals surface area contributed by atoms with Crippen molar-refractivity contribution in [3.05, 3.63) is 139 Å². The van der Waals surface area contributed by atoms with E-state index >= 15 is 0 Å². The zero-order chi connectivity index (χ0) is 33.1. The summed E-state index contributed by atoms with van der Waals surface area (Å²) in [6.07, 6.45) is 6.27. The van der Waals surface area contributed by atoms with Crippen LogP contribution in [0, 0.1) is 5.41 Å². The summed E-state index contributed by atoms with van der Waals surface area (Å²) in [5, 5.41) is 4.93. The normalized spacial score (nSPS) is 14.7. The molecule has 4 heterocycles. The molecule has 0 amide bonds. The van der Waals surface area contributed by atoms with Gasteiger partial charge >= 0.3 is 6.85 Å². The van der Waals surface area contributed by atoms with Crippen molar-refractivity contribution in [3.63, 3.8) is 0 Å². The fourth-order valence-corrected chi connectivity index (χ4v) is 8.63. The summed E-state index contributed by atoms with van der Waals surface area (Å²) in [4.78, 5) is 2.53. The van der Waals surface area contributed by atoms with Gasteiger partial charge in [-0.05, 0) is 57.2 Å². The van der Waals surface area contributed by atoms with Gasteiger partial charge in [-0.2, -0.15) is 0 Å². The molecule has 4 heteroatoms. The van der Waals surface area contributed by atoms with Crippen LogP contribution in [-0.4, -0.2) is 11.3 Å². The van der Waals surface area contributed by atoms with E-state index < -0.39 is 0 Å². The third-order valence-electron chi connectivity index (χ3n) is 10.4. The van der Waals surface area contributed by atoms with E-state index in [1.807, 2.05) is 6.08 Å². The Morgan fingerprint density at radius 1 is 0.708 bits per heavy atom. The van der Waals surface area contributed by atoms with Crippen molar-refractivity contribution in [1.29, 1.82) is 0 Å². The Bertz CT molecular complexity index is 2560. The van der Waals surface area contributed by atoms with Crippen molar-refractivity contribution in [2.45, 2.75) is 47.0 Å². The van der Waals surface area contributed by atoms with E-state index in [9.17, 15) is 0 Å². The molecule has 0 saturated heterocycles. The monoisotopic (exact) mass is 622 g/mol. The quantitative estimate of drug-likeness (QED) is 0.144. The van der Waals surface area contributed by atoms with E-state index in [0.29, 0.717) is 0 Å². The maximum atomic E-state index is 6.77. The van der Waals surface area contributed by atoms with Gasteiger partial charge in [0.05, 0.1) is 0 Å². The van der Waals surface area contributed by atoms with Gasteiger partial charge in [-0.1, -0.05) is 133 Å². The van der Waals surface area contributed by atoms with Crippen molar-refractivity contribution >= 4 is 67.4 Å². The maximum absolute atomic E-state index is 6.77. The molecule has 5 aromatic carbocycles. The van der Waals surface area contributed by atoms with Crippen LogP contribution in [0.1, 0.15) is 47.1 Å². The molecule has 234 valence electrons. The van der Waals surface area contributed by atoms with Crippen molar-refractivity contribution in [3.8, 4) is 11.1 Å². The molecule has 3 nitrogen and oxygen atoms in total. The number of fused-ring (bicyclic) bond motifs is 9. The predicted octanol–water partition coefficient (Wildman–Crippen LogP) is 11.5. The Kier molecular flexibility index (Phi) is 5.97. The Hall–Kier alpha value is -5.22. The van der Waals surface area contributed by atoms with Crippen molar-refractivity contribution in [2.75, 3.05) is 4.90 Å². The first-order valence-corrected chi connectivity index (χ1v) is 17.0. The lowest BCUT2D eigenvalue weighted by atomic mass is 9.40. The number of para-hydroxylation sites is 4. The third-order valence-corrected chi connectivity index (χ3v) is 10.4. The molecule has 0 radical (unpaired) electrons. The summed E-state index contributed by atoms with van der Waals surface area (Å²) in [6, 6.07) is 35.5. The summed E-state index contributed by atoms with van der Waals surface area (Å²) < 4.78 is 9.42. The predicted molar refractivity (Wildman–Crippen MR) is 206 cm³/mol. The van der Waals surface area contributed by atoms with Crippen LogP contribution in [0.25, 0.3) is 54.9 Å².